The van der Waals surface area contributed by atoms with Gasteiger partial charge in [0.2, 0.25) is 0 Å². The van der Waals surface area contributed by atoms with E-state index in [0.717, 1.165) is 23.0 Å². The lowest BCUT2D eigenvalue weighted by atomic mass is 9.93. The van der Waals surface area contributed by atoms with Crippen LogP contribution in [0.5, 0.6) is 0 Å². The summed E-state index contributed by atoms with van der Waals surface area (Å²) >= 11 is 4.35. The van der Waals surface area contributed by atoms with Crippen LogP contribution in [0.3, 0.4) is 0 Å². The molecule has 0 aromatic heterocycles. The zero-order chi connectivity index (χ0) is 12.0. The van der Waals surface area contributed by atoms with Crippen molar-refractivity contribution in [3.05, 3.63) is 0 Å². The first-order valence-electron chi connectivity index (χ1n) is 6.67. The largest absolute Gasteiger partial charge is 0.313 e. The van der Waals surface area contributed by atoms with E-state index in [1.807, 2.05) is 0 Å². The predicted octanol–water partition coefficient (Wildman–Crippen LogP) is 3.64. The monoisotopic (exact) mass is 261 g/mol. The molecule has 3 heteroatoms. The zero-order valence-electron chi connectivity index (χ0n) is 11.2. The molecule has 16 heavy (non-hydrogen) atoms. The summed E-state index contributed by atoms with van der Waals surface area (Å²) < 4.78 is 0. The van der Waals surface area contributed by atoms with E-state index in [0.29, 0.717) is 6.04 Å². The Morgan fingerprint density at radius 1 is 1.25 bits per heavy atom. The van der Waals surface area contributed by atoms with Gasteiger partial charge in [-0.25, -0.2) is 0 Å². The fraction of sp³-hybridized carbons (Fsp3) is 1.00. The molecule has 0 saturated carbocycles. The molecule has 0 aromatic carbocycles. The Kier molecular flexibility index (Phi) is 7.25. The number of hydrogen-bond donors (Lipinski definition) is 1. The minimum atomic E-state index is 0.706. The minimum absolute atomic E-state index is 0.706. The van der Waals surface area contributed by atoms with Crippen LogP contribution in [0.2, 0.25) is 0 Å². The van der Waals surface area contributed by atoms with Crippen molar-refractivity contribution in [1.29, 1.82) is 0 Å². The summed E-state index contributed by atoms with van der Waals surface area (Å²) in [5, 5.41) is 5.35. The average molecular weight is 262 g/mol. The lowest BCUT2D eigenvalue weighted by molar-refractivity contribution is 0.349. The molecule has 1 rings (SSSR count). The Hall–Kier alpha value is 0.660. The van der Waals surface area contributed by atoms with Gasteiger partial charge in [-0.3, -0.25) is 0 Å². The van der Waals surface area contributed by atoms with Crippen molar-refractivity contribution in [3.63, 3.8) is 0 Å². The Bertz CT molecular complexity index is 187. The smallest absolute Gasteiger partial charge is 0.0320 e. The first kappa shape index (κ1) is 14.7. The van der Waals surface area contributed by atoms with Crippen LogP contribution in [-0.2, 0) is 0 Å². The fourth-order valence-electron chi connectivity index (χ4n) is 2.56. The van der Waals surface area contributed by atoms with Crippen LogP contribution < -0.4 is 5.32 Å². The molecular formula is C13H27NS2. The summed E-state index contributed by atoms with van der Waals surface area (Å²) in [6, 6.07) is 0.706. The quantitative estimate of drug-likeness (QED) is 0.784. The molecule has 0 bridgehead atoms. The molecule has 0 aromatic rings. The molecule has 4 atom stereocenters. The van der Waals surface area contributed by atoms with Gasteiger partial charge in [0.25, 0.3) is 0 Å². The van der Waals surface area contributed by atoms with E-state index in [2.05, 4.69) is 56.5 Å². The number of thioether (sulfide) groups is 2. The van der Waals surface area contributed by atoms with E-state index in [-0.39, 0.29) is 0 Å². The van der Waals surface area contributed by atoms with Gasteiger partial charge < -0.3 is 5.32 Å². The van der Waals surface area contributed by atoms with Crippen molar-refractivity contribution in [3.8, 4) is 0 Å². The first-order valence-corrected chi connectivity index (χ1v) is 8.77. The molecule has 0 aliphatic carbocycles. The molecule has 1 aliphatic heterocycles. The van der Waals surface area contributed by atoms with E-state index in [4.69, 9.17) is 0 Å². The maximum absolute atomic E-state index is 3.73. The number of hydrogen-bond acceptors (Lipinski definition) is 3. The van der Waals surface area contributed by atoms with Crippen LogP contribution >= 0.6 is 23.5 Å². The van der Waals surface area contributed by atoms with Crippen molar-refractivity contribution in [2.75, 3.05) is 18.1 Å². The van der Waals surface area contributed by atoms with Crippen molar-refractivity contribution >= 4 is 23.5 Å². The predicted molar refractivity (Wildman–Crippen MR) is 79.7 cm³/mol. The summed E-state index contributed by atoms with van der Waals surface area (Å²) in [6.07, 6.45) is 2.66. The van der Waals surface area contributed by atoms with Crippen LogP contribution in [0.25, 0.3) is 0 Å². The average Bonchev–Trinajstić information content (AvgIpc) is 2.27. The van der Waals surface area contributed by atoms with E-state index in [1.54, 1.807) is 0 Å². The highest BCUT2D eigenvalue weighted by Crippen LogP contribution is 2.35. The van der Waals surface area contributed by atoms with Gasteiger partial charge in [-0.2, -0.15) is 23.5 Å². The summed E-state index contributed by atoms with van der Waals surface area (Å²) in [6.45, 7) is 10.5. The molecule has 1 aliphatic rings. The van der Waals surface area contributed by atoms with Gasteiger partial charge in [0, 0.05) is 28.0 Å². The minimum Gasteiger partial charge on any atom is -0.313 e. The van der Waals surface area contributed by atoms with Crippen molar-refractivity contribution in [2.24, 2.45) is 5.92 Å². The van der Waals surface area contributed by atoms with Crippen LogP contribution in [0.4, 0.5) is 0 Å². The molecule has 1 nitrogen and oxygen atoms in total. The van der Waals surface area contributed by atoms with E-state index >= 15 is 0 Å². The molecule has 96 valence electrons. The second-order valence-electron chi connectivity index (χ2n) is 4.76. The zero-order valence-corrected chi connectivity index (χ0v) is 12.8. The number of rotatable bonds is 6. The van der Waals surface area contributed by atoms with Gasteiger partial charge in [0.1, 0.15) is 0 Å². The lowest BCUT2D eigenvalue weighted by Gasteiger charge is -2.38. The SMILES string of the molecule is CCCC(C)C(NCC)C1SCCSC1C. The molecule has 4 unspecified atom stereocenters. The normalized spacial score (nSPS) is 30.0. The second kappa shape index (κ2) is 7.88. The number of nitrogens with one attached hydrogen (secondary N) is 1. The van der Waals surface area contributed by atoms with Gasteiger partial charge in [-0.15, -0.1) is 0 Å². The van der Waals surface area contributed by atoms with Gasteiger partial charge in [-0.1, -0.05) is 34.1 Å². The van der Waals surface area contributed by atoms with E-state index in [9.17, 15) is 0 Å². The van der Waals surface area contributed by atoms with Crippen LogP contribution in [0, 0.1) is 5.92 Å². The highest BCUT2D eigenvalue weighted by atomic mass is 32.2. The molecule has 1 saturated heterocycles. The molecule has 1 heterocycles. The van der Waals surface area contributed by atoms with Crippen molar-refractivity contribution in [2.45, 2.75) is 57.1 Å². The third kappa shape index (κ3) is 4.15. The lowest BCUT2D eigenvalue weighted by Crippen LogP contribution is -2.48. The molecule has 0 amide bonds. The van der Waals surface area contributed by atoms with Crippen LogP contribution in [-0.4, -0.2) is 34.6 Å². The third-order valence-electron chi connectivity index (χ3n) is 3.39. The molecule has 0 spiro atoms. The van der Waals surface area contributed by atoms with Gasteiger partial charge >= 0.3 is 0 Å². The standard InChI is InChI=1S/C13H27NS2/c1-5-7-10(3)12(14-6-2)13-11(4)15-8-9-16-13/h10-14H,5-9H2,1-4H3. The molecule has 1 fully saturated rings. The van der Waals surface area contributed by atoms with E-state index < -0.39 is 0 Å². The Morgan fingerprint density at radius 2 is 1.94 bits per heavy atom. The van der Waals surface area contributed by atoms with Gasteiger partial charge in [0.05, 0.1) is 0 Å². The molecule has 0 radical (unpaired) electrons. The van der Waals surface area contributed by atoms with Crippen molar-refractivity contribution < 1.29 is 0 Å². The summed E-state index contributed by atoms with van der Waals surface area (Å²) in [5.74, 6) is 3.48. The third-order valence-corrected chi connectivity index (χ3v) is 6.60. The maximum atomic E-state index is 3.73. The van der Waals surface area contributed by atoms with Crippen LogP contribution in [0.1, 0.15) is 40.5 Å². The topological polar surface area (TPSA) is 12.0 Å². The fourth-order valence-corrected chi connectivity index (χ4v) is 5.64. The van der Waals surface area contributed by atoms with E-state index in [1.165, 1.54) is 24.3 Å². The summed E-state index contributed by atoms with van der Waals surface area (Å²) in [5.41, 5.74) is 0. The Labute approximate surface area is 110 Å². The Balaban J connectivity index is 2.59. The molecular weight excluding hydrogens is 234 g/mol. The highest BCUT2D eigenvalue weighted by Gasteiger charge is 2.32. The second-order valence-corrected chi connectivity index (χ2v) is 7.53. The van der Waals surface area contributed by atoms with Gasteiger partial charge in [-0.05, 0) is 18.9 Å². The van der Waals surface area contributed by atoms with Crippen molar-refractivity contribution in [1.82, 2.24) is 5.32 Å². The Morgan fingerprint density at radius 3 is 2.50 bits per heavy atom. The maximum Gasteiger partial charge on any atom is 0.0320 e. The first-order chi connectivity index (χ1) is 7.70. The van der Waals surface area contributed by atoms with Gasteiger partial charge in [0.15, 0.2) is 0 Å². The van der Waals surface area contributed by atoms with Crippen LogP contribution in [0.15, 0.2) is 0 Å². The highest BCUT2D eigenvalue weighted by molar-refractivity contribution is 8.07. The molecule has 1 N–H and O–H groups in total. The summed E-state index contributed by atoms with van der Waals surface area (Å²) in [7, 11) is 0. The summed E-state index contributed by atoms with van der Waals surface area (Å²) in [4.78, 5) is 0.